The van der Waals surface area contributed by atoms with Gasteiger partial charge in [0.05, 0.1) is 0 Å². The maximum Gasteiger partial charge on any atom is 0.404 e. The minimum absolute atomic E-state index is 0.0477. The largest absolute Gasteiger partial charge is 0.446 e. The van der Waals surface area contributed by atoms with Crippen molar-refractivity contribution in [2.24, 2.45) is 17.4 Å². The molecule has 0 aromatic heterocycles. The van der Waals surface area contributed by atoms with E-state index in [0.29, 0.717) is 0 Å². The molecular formula is C9H18N2O2. The molecule has 1 aliphatic carbocycles. The number of carbonyl (C=O) groups excluding carboxylic acids is 1. The van der Waals surface area contributed by atoms with Crippen LogP contribution < -0.4 is 11.5 Å². The van der Waals surface area contributed by atoms with E-state index in [4.69, 9.17) is 16.2 Å². The summed E-state index contributed by atoms with van der Waals surface area (Å²) < 4.78 is 4.93. The van der Waals surface area contributed by atoms with Crippen LogP contribution in [-0.2, 0) is 4.74 Å². The third-order valence-corrected chi connectivity index (χ3v) is 2.65. The molecule has 0 radical (unpaired) electrons. The van der Waals surface area contributed by atoms with Gasteiger partial charge >= 0.3 is 6.09 Å². The van der Waals surface area contributed by atoms with Crippen LogP contribution in [0.4, 0.5) is 4.79 Å². The Kier molecular flexibility index (Phi) is 4.02. The molecule has 0 saturated heterocycles. The van der Waals surface area contributed by atoms with Crippen LogP contribution in [-0.4, -0.2) is 18.7 Å². The van der Waals surface area contributed by atoms with Gasteiger partial charge < -0.3 is 16.2 Å². The summed E-state index contributed by atoms with van der Waals surface area (Å²) >= 11 is 0. The van der Waals surface area contributed by atoms with E-state index in [9.17, 15) is 4.79 Å². The lowest BCUT2D eigenvalue weighted by atomic mass is 9.85. The summed E-state index contributed by atoms with van der Waals surface area (Å²) in [6, 6.07) is 0. The maximum absolute atomic E-state index is 10.5. The van der Waals surface area contributed by atoms with Crippen LogP contribution in [0.15, 0.2) is 0 Å². The zero-order valence-electron chi connectivity index (χ0n) is 7.87. The molecule has 0 aromatic rings. The summed E-state index contributed by atoms with van der Waals surface area (Å²) in [5, 5.41) is 0. The fraction of sp³-hybridized carbons (Fsp3) is 0.889. The predicted molar refractivity (Wildman–Crippen MR) is 50.1 cm³/mol. The molecule has 0 unspecified atom stereocenters. The topological polar surface area (TPSA) is 78.3 Å². The van der Waals surface area contributed by atoms with Gasteiger partial charge in [0.2, 0.25) is 0 Å². The number of rotatable bonds is 3. The first-order valence-electron chi connectivity index (χ1n) is 4.88. The van der Waals surface area contributed by atoms with Gasteiger partial charge in [-0.3, -0.25) is 0 Å². The Balaban J connectivity index is 2.18. The second kappa shape index (κ2) is 5.07. The van der Waals surface area contributed by atoms with Gasteiger partial charge in [0.15, 0.2) is 0 Å². The molecule has 76 valence electrons. The SMILES string of the molecule is NCC[C@H]1CC[C@H](OC(N)=O)CC1. The third kappa shape index (κ3) is 3.63. The monoisotopic (exact) mass is 186 g/mol. The smallest absolute Gasteiger partial charge is 0.404 e. The molecule has 1 aliphatic rings. The first kappa shape index (κ1) is 10.3. The summed E-state index contributed by atoms with van der Waals surface area (Å²) in [7, 11) is 0. The lowest BCUT2D eigenvalue weighted by molar-refractivity contribution is 0.0702. The number of hydrogen-bond acceptors (Lipinski definition) is 3. The van der Waals surface area contributed by atoms with E-state index in [1.165, 1.54) is 0 Å². The van der Waals surface area contributed by atoms with Gasteiger partial charge in [-0.15, -0.1) is 0 Å². The lowest BCUT2D eigenvalue weighted by Crippen LogP contribution is -2.27. The summed E-state index contributed by atoms with van der Waals surface area (Å²) in [6.07, 6.45) is 4.57. The van der Waals surface area contributed by atoms with Gasteiger partial charge in [0.25, 0.3) is 0 Å². The van der Waals surface area contributed by atoms with Gasteiger partial charge in [0.1, 0.15) is 6.10 Å². The Morgan fingerprint density at radius 2 is 1.92 bits per heavy atom. The average molecular weight is 186 g/mol. The highest BCUT2D eigenvalue weighted by molar-refractivity contribution is 5.64. The van der Waals surface area contributed by atoms with Crippen molar-refractivity contribution in [1.29, 1.82) is 0 Å². The Morgan fingerprint density at radius 1 is 1.31 bits per heavy atom. The number of nitrogens with two attached hydrogens (primary N) is 2. The average Bonchev–Trinajstić information content (AvgIpc) is 2.08. The van der Waals surface area contributed by atoms with E-state index >= 15 is 0 Å². The molecule has 4 nitrogen and oxygen atoms in total. The van der Waals surface area contributed by atoms with Crippen LogP contribution in [0.3, 0.4) is 0 Å². The zero-order valence-corrected chi connectivity index (χ0v) is 7.87. The molecule has 0 heterocycles. The summed E-state index contributed by atoms with van der Waals surface area (Å²) in [4.78, 5) is 10.5. The second-order valence-corrected chi connectivity index (χ2v) is 3.66. The molecule has 0 aliphatic heterocycles. The molecule has 0 spiro atoms. The van der Waals surface area contributed by atoms with Crippen molar-refractivity contribution < 1.29 is 9.53 Å². The van der Waals surface area contributed by atoms with Gasteiger partial charge in [-0.05, 0) is 44.6 Å². The van der Waals surface area contributed by atoms with E-state index in [-0.39, 0.29) is 6.10 Å². The molecule has 0 atom stereocenters. The minimum atomic E-state index is -0.651. The molecule has 1 rings (SSSR count). The van der Waals surface area contributed by atoms with Crippen molar-refractivity contribution in [2.75, 3.05) is 6.54 Å². The van der Waals surface area contributed by atoms with Crippen molar-refractivity contribution >= 4 is 6.09 Å². The van der Waals surface area contributed by atoms with E-state index in [2.05, 4.69) is 0 Å². The van der Waals surface area contributed by atoms with Crippen molar-refractivity contribution in [3.05, 3.63) is 0 Å². The number of primary amides is 1. The minimum Gasteiger partial charge on any atom is -0.446 e. The number of carbonyl (C=O) groups is 1. The zero-order chi connectivity index (χ0) is 9.68. The van der Waals surface area contributed by atoms with Crippen LogP contribution in [0.1, 0.15) is 32.1 Å². The Morgan fingerprint density at radius 3 is 2.38 bits per heavy atom. The molecule has 13 heavy (non-hydrogen) atoms. The Hall–Kier alpha value is -0.770. The lowest BCUT2D eigenvalue weighted by Gasteiger charge is -2.27. The summed E-state index contributed by atoms with van der Waals surface area (Å²) in [5.74, 6) is 0.720. The van der Waals surface area contributed by atoms with Crippen LogP contribution in [0.5, 0.6) is 0 Å². The highest BCUT2D eigenvalue weighted by Crippen LogP contribution is 2.27. The van der Waals surface area contributed by atoms with Crippen LogP contribution in [0.2, 0.25) is 0 Å². The normalized spacial score (nSPS) is 28.4. The Labute approximate surface area is 78.6 Å². The predicted octanol–water partition coefficient (Wildman–Crippen LogP) is 0.989. The number of ether oxygens (including phenoxy) is 1. The highest BCUT2D eigenvalue weighted by Gasteiger charge is 2.22. The molecular weight excluding hydrogens is 168 g/mol. The maximum atomic E-state index is 10.5. The van der Waals surface area contributed by atoms with Crippen LogP contribution in [0, 0.1) is 5.92 Å². The van der Waals surface area contributed by atoms with E-state index in [0.717, 1.165) is 44.6 Å². The van der Waals surface area contributed by atoms with Crippen LogP contribution in [0.25, 0.3) is 0 Å². The fourth-order valence-corrected chi connectivity index (χ4v) is 1.94. The fourth-order valence-electron chi connectivity index (χ4n) is 1.94. The first-order valence-corrected chi connectivity index (χ1v) is 4.88. The van der Waals surface area contributed by atoms with E-state index < -0.39 is 6.09 Å². The number of hydrogen-bond donors (Lipinski definition) is 2. The molecule has 0 bridgehead atoms. The molecule has 1 fully saturated rings. The van der Waals surface area contributed by atoms with Gasteiger partial charge in [-0.1, -0.05) is 0 Å². The quantitative estimate of drug-likeness (QED) is 0.689. The third-order valence-electron chi connectivity index (χ3n) is 2.65. The van der Waals surface area contributed by atoms with Crippen LogP contribution >= 0.6 is 0 Å². The first-order chi connectivity index (χ1) is 6.22. The standard InChI is InChI=1S/C9H18N2O2/c10-6-5-7-1-3-8(4-2-7)13-9(11)12/h7-8H,1-6,10H2,(H2,11,12)/t7-,8-. The molecule has 4 heteroatoms. The van der Waals surface area contributed by atoms with Gasteiger partial charge in [0, 0.05) is 0 Å². The van der Waals surface area contributed by atoms with Crippen molar-refractivity contribution in [2.45, 2.75) is 38.2 Å². The Bertz CT molecular complexity index is 165. The molecule has 0 aromatic carbocycles. The van der Waals surface area contributed by atoms with Crippen molar-refractivity contribution in [3.63, 3.8) is 0 Å². The molecule has 1 saturated carbocycles. The molecule has 1 amide bonds. The van der Waals surface area contributed by atoms with E-state index in [1.807, 2.05) is 0 Å². The summed E-state index contributed by atoms with van der Waals surface area (Å²) in [6.45, 7) is 0.756. The van der Waals surface area contributed by atoms with Crippen molar-refractivity contribution in [1.82, 2.24) is 0 Å². The number of amides is 1. The van der Waals surface area contributed by atoms with Gasteiger partial charge in [-0.25, -0.2) is 4.79 Å². The highest BCUT2D eigenvalue weighted by atomic mass is 16.6. The van der Waals surface area contributed by atoms with E-state index in [1.54, 1.807) is 0 Å². The summed E-state index contributed by atoms with van der Waals surface area (Å²) in [5.41, 5.74) is 10.4. The second-order valence-electron chi connectivity index (χ2n) is 3.66. The van der Waals surface area contributed by atoms with Crippen molar-refractivity contribution in [3.8, 4) is 0 Å². The molecule has 4 N–H and O–H groups in total. The van der Waals surface area contributed by atoms with Gasteiger partial charge in [-0.2, -0.15) is 0 Å².